The summed E-state index contributed by atoms with van der Waals surface area (Å²) in [5.41, 5.74) is 11.9. The normalized spacial score (nSPS) is 11.2. The van der Waals surface area contributed by atoms with Gasteiger partial charge in [-0.3, -0.25) is 0 Å². The maximum Gasteiger partial charge on any atom is 0.105 e. The third-order valence-electron chi connectivity index (χ3n) is 12.0. The zero-order valence-corrected chi connectivity index (χ0v) is 39.9. The first kappa shape index (κ1) is 49.2. The summed E-state index contributed by atoms with van der Waals surface area (Å²) in [6, 6.07) is 96.5. The van der Waals surface area contributed by atoms with E-state index in [1.807, 2.05) is 18.2 Å². The van der Waals surface area contributed by atoms with E-state index in [-0.39, 0.29) is 6.16 Å². The zero-order chi connectivity index (χ0) is 47.0. The van der Waals surface area contributed by atoms with Gasteiger partial charge in [-0.05, 0) is 11.7 Å². The van der Waals surface area contributed by atoms with Crippen LogP contribution in [0.1, 0.15) is 50.1 Å². The van der Waals surface area contributed by atoms with Crippen molar-refractivity contribution in [1.29, 1.82) is 0 Å². The highest BCUT2D eigenvalue weighted by Gasteiger charge is 2.31. The summed E-state index contributed by atoms with van der Waals surface area (Å²) in [6.45, 7) is 8.00. The summed E-state index contributed by atoms with van der Waals surface area (Å²) >= 11 is 0. The Balaban J connectivity index is 0.000000168. The first-order valence-corrected chi connectivity index (χ1v) is 25.0. The molecule has 9 aromatic rings. The molecule has 0 aliphatic carbocycles. The zero-order valence-electron chi connectivity index (χ0n) is 39.0. The summed E-state index contributed by atoms with van der Waals surface area (Å²) in [5, 5.41) is 0. The van der Waals surface area contributed by atoms with Gasteiger partial charge in [0, 0.05) is 44.5 Å². The molecule has 342 valence electrons. The van der Waals surface area contributed by atoms with Crippen LogP contribution in [-0.2, 0) is 58.5 Å². The second kappa shape index (κ2) is 26.6. The van der Waals surface area contributed by atoms with Crippen molar-refractivity contribution in [3.8, 4) is 0 Å². The molecular weight excluding hydrogens is 848 g/mol. The van der Waals surface area contributed by atoms with E-state index in [0.29, 0.717) is 0 Å². The number of benzene rings is 9. The van der Waals surface area contributed by atoms with Gasteiger partial charge in [-0.25, -0.2) is 0 Å². The Bertz CT molecular complexity index is 2180. The molecule has 0 aliphatic rings. The van der Waals surface area contributed by atoms with Crippen LogP contribution in [0.2, 0.25) is 0 Å². The summed E-state index contributed by atoms with van der Waals surface area (Å²) < 4.78 is 1.92. The highest BCUT2D eigenvalue weighted by atomic mass is 31.2. The van der Waals surface area contributed by atoms with E-state index in [2.05, 4.69) is 243 Å². The number of hydrogen-bond acceptors (Lipinski definition) is 2. The molecule has 0 bridgehead atoms. The van der Waals surface area contributed by atoms with Crippen molar-refractivity contribution in [3.63, 3.8) is 0 Å². The highest BCUT2D eigenvalue weighted by Crippen LogP contribution is 2.29. The molecule has 0 fully saturated rings. The Morgan fingerprint density at radius 1 is 0.206 bits per heavy atom. The molecule has 0 amide bonds. The maximum absolute atomic E-state index is 10.2. The lowest BCUT2D eigenvalue weighted by atomic mass is 10.0. The minimum atomic E-state index is -2.28. The minimum Gasteiger partial charge on any atom is -0.841 e. The molecule has 0 aliphatic heterocycles. The van der Waals surface area contributed by atoms with Gasteiger partial charge in [0.2, 0.25) is 0 Å². The van der Waals surface area contributed by atoms with Gasteiger partial charge >= 0.3 is 0 Å². The molecule has 0 heterocycles. The van der Waals surface area contributed by atoms with E-state index in [1.165, 1.54) is 44.5 Å². The molecule has 0 unspecified atom stereocenters. The van der Waals surface area contributed by atoms with Crippen LogP contribution in [0.5, 0.6) is 0 Å². The van der Waals surface area contributed by atoms with Crippen molar-refractivity contribution in [1.82, 2.24) is 0 Å². The van der Waals surface area contributed by atoms with Gasteiger partial charge in [0.25, 0.3) is 0 Å². The molecule has 0 radical (unpaired) electrons. The quantitative estimate of drug-likeness (QED) is 0.0636. The van der Waals surface area contributed by atoms with Crippen LogP contribution >= 0.6 is 8.38 Å². The van der Waals surface area contributed by atoms with Crippen molar-refractivity contribution in [2.45, 2.75) is 58.5 Å². The second-order valence-electron chi connectivity index (χ2n) is 17.8. The smallest absolute Gasteiger partial charge is 0.105 e. The van der Waals surface area contributed by atoms with Crippen LogP contribution in [0.3, 0.4) is 0 Å². The molecule has 5 heteroatoms. The third-order valence-corrected chi connectivity index (χ3v) is 12.7. The van der Waals surface area contributed by atoms with Crippen LogP contribution < -0.4 is 9.79 Å². The Morgan fingerprint density at radius 2 is 0.338 bits per heavy atom. The topological polar surface area (TPSA) is 46.1 Å². The Labute approximate surface area is 406 Å². The molecule has 68 heavy (non-hydrogen) atoms. The molecular formula is C63H63N2O2P. The molecule has 0 N–H and O–H groups in total. The van der Waals surface area contributed by atoms with Gasteiger partial charge in [-0.2, -0.15) is 0 Å². The van der Waals surface area contributed by atoms with Gasteiger partial charge in [-0.15, -0.1) is 0 Å². The molecule has 9 rings (SSSR count). The lowest BCUT2D eigenvalue weighted by molar-refractivity contribution is -0.978. The fourth-order valence-electron chi connectivity index (χ4n) is 9.17. The van der Waals surface area contributed by atoms with Crippen LogP contribution in [0.4, 0.5) is 0 Å². The van der Waals surface area contributed by atoms with Crippen LogP contribution in [0, 0.1) is 0 Å². The molecule has 0 saturated heterocycles. The van der Waals surface area contributed by atoms with E-state index < -0.39 is 8.38 Å². The van der Waals surface area contributed by atoms with Gasteiger partial charge in [0.05, 0.1) is 0 Å². The number of hydrogen-bond donors (Lipinski definition) is 0. The van der Waals surface area contributed by atoms with Gasteiger partial charge in [-0.1, -0.05) is 273 Å². The predicted octanol–water partition coefficient (Wildman–Crippen LogP) is 13.4. The van der Waals surface area contributed by atoms with Crippen molar-refractivity contribution in [2.75, 3.05) is 0 Å². The highest BCUT2D eigenvalue weighted by molar-refractivity contribution is 7.41. The molecule has 0 spiro atoms. The van der Waals surface area contributed by atoms with Gasteiger partial charge in [0.1, 0.15) is 52.4 Å². The summed E-state index contributed by atoms with van der Waals surface area (Å²) in [5.74, 6) is 0. The van der Waals surface area contributed by atoms with Crippen molar-refractivity contribution < 1.29 is 18.8 Å². The summed E-state index contributed by atoms with van der Waals surface area (Å²) in [6.07, 6.45) is 0.149. The molecule has 4 nitrogen and oxygen atoms in total. The first-order valence-electron chi connectivity index (χ1n) is 23.6. The lowest BCUT2D eigenvalue weighted by Crippen LogP contribution is -2.45. The SMILES string of the molecule is [O-]P([O-])Cc1ccccc1.c1ccc(C[N+](Cc2ccccc2)(Cc2ccccc2)Cc2ccccc2)cc1.c1ccc(C[N+](Cc2ccccc2)(Cc2ccccc2)Cc2ccccc2)cc1. The number of rotatable bonds is 18. The monoisotopic (exact) mass is 910 g/mol. The Morgan fingerprint density at radius 3 is 0.471 bits per heavy atom. The van der Waals surface area contributed by atoms with Crippen molar-refractivity contribution in [3.05, 3.63) is 323 Å². The standard InChI is InChI=1S/2C28H28N.C7H7O2P/c2*1-5-13-25(14-6-1)21-29(22-26-15-7-2-8-16-26,23-27-17-9-3-10-18-27)24-28-19-11-4-12-20-28;8-10(9)6-7-4-2-1-3-5-7/h2*1-20H,21-24H2;1-5H,6H2/q2*+1;-2. The second-order valence-corrected chi connectivity index (χ2v) is 18.8. The van der Waals surface area contributed by atoms with Crippen LogP contribution in [0.25, 0.3) is 0 Å². The van der Waals surface area contributed by atoms with E-state index >= 15 is 0 Å². The van der Waals surface area contributed by atoms with Gasteiger partial charge < -0.3 is 27.1 Å². The maximum atomic E-state index is 10.2. The van der Waals surface area contributed by atoms with E-state index in [9.17, 15) is 9.79 Å². The fourth-order valence-corrected chi connectivity index (χ4v) is 9.68. The largest absolute Gasteiger partial charge is 0.841 e. The average Bonchev–Trinajstić information content (AvgIpc) is 3.37. The van der Waals surface area contributed by atoms with Crippen molar-refractivity contribution >= 4 is 8.38 Å². The molecule has 9 aromatic carbocycles. The Kier molecular flexibility index (Phi) is 19.2. The fraction of sp³-hybridized carbons (Fsp3) is 0.143. The van der Waals surface area contributed by atoms with E-state index in [0.717, 1.165) is 66.9 Å². The number of nitrogens with zero attached hydrogens (tertiary/aromatic N) is 2. The van der Waals surface area contributed by atoms with Gasteiger partial charge in [0.15, 0.2) is 0 Å². The lowest BCUT2D eigenvalue weighted by Gasteiger charge is -2.39. The number of quaternary nitrogens is 2. The molecule has 0 aromatic heterocycles. The Hall–Kier alpha value is -6.75. The third kappa shape index (κ3) is 16.8. The first-order chi connectivity index (χ1) is 33.4. The minimum absolute atomic E-state index is 0.149. The van der Waals surface area contributed by atoms with E-state index in [1.54, 1.807) is 12.1 Å². The van der Waals surface area contributed by atoms with Crippen LogP contribution in [0.15, 0.2) is 273 Å². The summed E-state index contributed by atoms with van der Waals surface area (Å²) in [7, 11) is -2.28. The average molecular weight is 911 g/mol. The predicted molar refractivity (Wildman–Crippen MR) is 279 cm³/mol. The summed E-state index contributed by atoms with van der Waals surface area (Å²) in [4.78, 5) is 20.4. The van der Waals surface area contributed by atoms with E-state index in [4.69, 9.17) is 0 Å². The molecule has 0 atom stereocenters. The van der Waals surface area contributed by atoms with Crippen molar-refractivity contribution in [2.24, 2.45) is 0 Å². The molecule has 0 saturated carbocycles. The van der Waals surface area contributed by atoms with Crippen LogP contribution in [-0.4, -0.2) is 8.97 Å².